The summed E-state index contributed by atoms with van der Waals surface area (Å²) in [7, 11) is 0. The minimum Gasteiger partial charge on any atom is -0.490 e. The van der Waals surface area contributed by atoms with Gasteiger partial charge in [-0.25, -0.2) is 4.68 Å². The van der Waals surface area contributed by atoms with Gasteiger partial charge in [-0.3, -0.25) is 9.59 Å². The highest BCUT2D eigenvalue weighted by Crippen LogP contribution is 2.25. The van der Waals surface area contributed by atoms with Gasteiger partial charge in [0.05, 0.1) is 17.4 Å². The first-order chi connectivity index (χ1) is 18.4. The lowest BCUT2D eigenvalue weighted by Crippen LogP contribution is -2.25. The van der Waals surface area contributed by atoms with Crippen LogP contribution in [0, 0.1) is 6.92 Å². The summed E-state index contributed by atoms with van der Waals surface area (Å²) in [6.07, 6.45) is 3.46. The Balaban J connectivity index is 1.27. The summed E-state index contributed by atoms with van der Waals surface area (Å²) in [6.45, 7) is 2.53. The third-order valence-corrected chi connectivity index (χ3v) is 6.45. The van der Waals surface area contributed by atoms with E-state index in [1.54, 1.807) is 60.7 Å². The van der Waals surface area contributed by atoms with Crippen LogP contribution >= 0.6 is 11.6 Å². The van der Waals surface area contributed by atoms with Crippen LogP contribution in [0.1, 0.15) is 44.7 Å². The van der Waals surface area contributed by atoms with Gasteiger partial charge in [0.1, 0.15) is 30.5 Å². The number of aryl methyl sites for hydroxylation is 1. The van der Waals surface area contributed by atoms with Crippen molar-refractivity contribution < 1.29 is 19.1 Å². The number of anilines is 1. The van der Waals surface area contributed by atoms with Crippen LogP contribution < -0.4 is 20.5 Å². The summed E-state index contributed by atoms with van der Waals surface area (Å²) < 4.78 is 12.9. The van der Waals surface area contributed by atoms with E-state index >= 15 is 0 Å². The van der Waals surface area contributed by atoms with Gasteiger partial charge in [0.15, 0.2) is 5.78 Å². The maximum absolute atomic E-state index is 13.3. The van der Waals surface area contributed by atoms with Crippen molar-refractivity contribution in [1.29, 1.82) is 0 Å². The predicted molar refractivity (Wildman–Crippen MR) is 146 cm³/mol. The maximum atomic E-state index is 13.3. The summed E-state index contributed by atoms with van der Waals surface area (Å²) in [5.74, 6) is 1.01. The van der Waals surface area contributed by atoms with Crippen molar-refractivity contribution in [3.63, 3.8) is 0 Å². The molecule has 1 amide bonds. The molecule has 9 heteroatoms. The molecule has 1 saturated carbocycles. The van der Waals surface area contributed by atoms with E-state index in [2.05, 4.69) is 10.4 Å². The number of aromatic nitrogens is 2. The van der Waals surface area contributed by atoms with E-state index in [1.807, 2.05) is 13.0 Å². The molecule has 8 nitrogen and oxygen atoms in total. The van der Waals surface area contributed by atoms with Crippen molar-refractivity contribution in [2.45, 2.75) is 25.8 Å². The van der Waals surface area contributed by atoms with Crippen LogP contribution in [0.5, 0.6) is 11.5 Å². The van der Waals surface area contributed by atoms with Crippen molar-refractivity contribution in [3.8, 4) is 17.2 Å². The second-order valence-corrected chi connectivity index (χ2v) is 9.55. The average Bonchev–Trinajstić information content (AvgIpc) is 3.66. The van der Waals surface area contributed by atoms with E-state index in [1.165, 1.54) is 10.9 Å². The highest BCUT2D eigenvalue weighted by molar-refractivity contribution is 6.30. The summed E-state index contributed by atoms with van der Waals surface area (Å²) in [5, 5.41) is 7.99. The molecule has 0 bridgehead atoms. The second kappa shape index (κ2) is 11.0. The Bertz CT molecular complexity index is 1480. The molecule has 3 N–H and O–H groups in total. The molecule has 0 unspecified atom stereocenters. The Labute approximate surface area is 225 Å². The summed E-state index contributed by atoms with van der Waals surface area (Å²) in [5.41, 5.74) is 9.10. The number of ether oxygens (including phenoxy) is 2. The summed E-state index contributed by atoms with van der Waals surface area (Å²) >= 11 is 5.89. The molecule has 4 aromatic rings. The number of carbonyl (C=O) groups is 2. The highest BCUT2D eigenvalue weighted by Gasteiger charge is 2.24. The molecule has 1 aliphatic rings. The van der Waals surface area contributed by atoms with Gasteiger partial charge in [-0.05, 0) is 73.9 Å². The molecule has 0 aliphatic heterocycles. The fourth-order valence-electron chi connectivity index (χ4n) is 3.93. The number of carbonyl (C=O) groups excluding carboxylic acids is 2. The summed E-state index contributed by atoms with van der Waals surface area (Å²) in [4.78, 5) is 25.8. The second-order valence-electron chi connectivity index (χ2n) is 9.11. The van der Waals surface area contributed by atoms with Crippen LogP contribution in [0.25, 0.3) is 5.69 Å². The van der Waals surface area contributed by atoms with Crippen molar-refractivity contribution >= 4 is 29.1 Å². The Kier molecular flexibility index (Phi) is 7.33. The normalized spacial score (nSPS) is 12.7. The van der Waals surface area contributed by atoms with Crippen molar-refractivity contribution in [1.82, 2.24) is 15.1 Å². The van der Waals surface area contributed by atoms with Gasteiger partial charge in [0.2, 0.25) is 0 Å². The highest BCUT2D eigenvalue weighted by atomic mass is 35.5. The maximum Gasteiger partial charge on any atom is 0.251 e. The number of halogens is 1. The number of benzene rings is 3. The number of nitrogens with zero attached hydrogens (tertiary/aromatic N) is 2. The van der Waals surface area contributed by atoms with Gasteiger partial charge >= 0.3 is 0 Å². The number of nitrogens with two attached hydrogens (primary N) is 1. The van der Waals surface area contributed by atoms with Crippen molar-refractivity contribution in [2.75, 3.05) is 18.9 Å². The molecule has 1 aliphatic carbocycles. The molecule has 3 aromatic carbocycles. The zero-order valence-corrected chi connectivity index (χ0v) is 21.6. The van der Waals surface area contributed by atoms with Crippen LogP contribution in [0.4, 0.5) is 5.82 Å². The lowest BCUT2D eigenvalue weighted by Gasteiger charge is -2.11. The third kappa shape index (κ3) is 5.81. The molecule has 1 fully saturated rings. The lowest BCUT2D eigenvalue weighted by atomic mass is 10.1. The standard InChI is InChI=1S/C29H27ClN4O4/c1-18-5-6-20(29(36)33-22-9-10-22)16-26(18)34-28(31)25(17-32-34)27(35)19-3-2-4-24(15-19)38-14-13-37-23-11-7-21(30)8-12-23/h2-8,11-12,15-17,22H,9-10,13-14,31H2,1H3,(H,33,36). The van der Waals surface area contributed by atoms with Gasteiger partial charge in [0, 0.05) is 22.2 Å². The smallest absolute Gasteiger partial charge is 0.251 e. The minimum atomic E-state index is -0.281. The third-order valence-electron chi connectivity index (χ3n) is 6.19. The van der Waals surface area contributed by atoms with E-state index in [0.29, 0.717) is 46.5 Å². The first kappa shape index (κ1) is 25.4. The minimum absolute atomic E-state index is 0.133. The van der Waals surface area contributed by atoms with Gasteiger partial charge in [-0.1, -0.05) is 29.8 Å². The molecular formula is C29H27ClN4O4. The molecule has 0 saturated heterocycles. The quantitative estimate of drug-likeness (QED) is 0.221. The zero-order chi connectivity index (χ0) is 26.6. The number of hydrogen-bond acceptors (Lipinski definition) is 6. The Morgan fingerprint density at radius 3 is 2.47 bits per heavy atom. The van der Waals surface area contributed by atoms with Gasteiger partial charge in [0.25, 0.3) is 5.91 Å². The Hall–Kier alpha value is -4.30. The molecule has 194 valence electrons. The molecular weight excluding hydrogens is 504 g/mol. The predicted octanol–water partition coefficient (Wildman–Crippen LogP) is 5.00. The monoisotopic (exact) mass is 530 g/mol. The number of amides is 1. The lowest BCUT2D eigenvalue weighted by molar-refractivity contribution is 0.0950. The number of hydrogen-bond donors (Lipinski definition) is 2. The van der Waals surface area contributed by atoms with Gasteiger partial charge in [-0.2, -0.15) is 5.10 Å². The van der Waals surface area contributed by atoms with Crippen LogP contribution in [0.2, 0.25) is 5.02 Å². The van der Waals surface area contributed by atoms with Gasteiger partial charge in [-0.15, -0.1) is 0 Å². The van der Waals surface area contributed by atoms with Crippen LogP contribution in [-0.2, 0) is 0 Å². The molecule has 0 radical (unpaired) electrons. The van der Waals surface area contributed by atoms with Crippen LogP contribution in [0.3, 0.4) is 0 Å². The first-order valence-electron chi connectivity index (χ1n) is 12.3. The average molecular weight is 531 g/mol. The summed E-state index contributed by atoms with van der Waals surface area (Å²) in [6, 6.07) is 19.6. The van der Waals surface area contributed by atoms with Crippen LogP contribution in [-0.4, -0.2) is 40.7 Å². The molecule has 5 rings (SSSR count). The van der Waals surface area contributed by atoms with Crippen molar-refractivity contribution in [3.05, 3.63) is 100 Å². The fraction of sp³-hybridized carbons (Fsp3) is 0.207. The number of nitrogens with one attached hydrogen (secondary N) is 1. The molecule has 1 heterocycles. The Morgan fingerprint density at radius 2 is 1.74 bits per heavy atom. The first-order valence-corrected chi connectivity index (χ1v) is 12.7. The van der Waals surface area contributed by atoms with E-state index in [9.17, 15) is 9.59 Å². The number of rotatable bonds is 10. The van der Waals surface area contributed by atoms with E-state index in [-0.39, 0.29) is 29.1 Å². The zero-order valence-electron chi connectivity index (χ0n) is 20.8. The van der Waals surface area contributed by atoms with Gasteiger partial charge < -0.3 is 20.5 Å². The fourth-order valence-corrected chi connectivity index (χ4v) is 4.06. The molecule has 1 aromatic heterocycles. The largest absolute Gasteiger partial charge is 0.490 e. The number of ketones is 1. The topological polar surface area (TPSA) is 108 Å². The van der Waals surface area contributed by atoms with E-state index < -0.39 is 0 Å². The van der Waals surface area contributed by atoms with E-state index in [4.69, 9.17) is 26.8 Å². The van der Waals surface area contributed by atoms with E-state index in [0.717, 1.165) is 18.4 Å². The van der Waals surface area contributed by atoms with Crippen LogP contribution in [0.15, 0.2) is 72.9 Å². The Morgan fingerprint density at radius 1 is 1.00 bits per heavy atom. The molecule has 0 spiro atoms. The molecule has 0 atom stereocenters. The SMILES string of the molecule is Cc1ccc(C(=O)NC2CC2)cc1-n1ncc(C(=O)c2cccc(OCCOc3ccc(Cl)cc3)c2)c1N. The number of nitrogen functional groups attached to an aromatic ring is 1. The van der Waals surface area contributed by atoms with Crippen molar-refractivity contribution in [2.24, 2.45) is 0 Å². The molecule has 38 heavy (non-hydrogen) atoms.